The lowest BCUT2D eigenvalue weighted by molar-refractivity contribution is 0.329. The summed E-state index contributed by atoms with van der Waals surface area (Å²) < 4.78 is 6.22. The fourth-order valence-corrected chi connectivity index (χ4v) is 7.08. The molecule has 10 heteroatoms. The summed E-state index contributed by atoms with van der Waals surface area (Å²) in [7, 11) is 1.38. The molecule has 8 aromatic rings. The molecule has 0 unspecified atom stereocenters. The topological polar surface area (TPSA) is 175 Å². The highest BCUT2D eigenvalue weighted by atomic mass is 16.4. The molecule has 9 nitrogen and oxygen atoms in total. The Balaban J connectivity index is 1.60. The first-order chi connectivity index (χ1) is 23.6. The van der Waals surface area contributed by atoms with E-state index in [1.165, 1.54) is 7.28 Å². The van der Waals surface area contributed by atoms with Crippen LogP contribution in [0.15, 0.2) is 95.4 Å². The van der Waals surface area contributed by atoms with Gasteiger partial charge in [0.25, 0.3) is 0 Å². The van der Waals surface area contributed by atoms with Crippen molar-refractivity contribution < 1.29 is 45.3 Å². The van der Waals surface area contributed by atoms with Crippen molar-refractivity contribution >= 4 is 56.2 Å². The molecule has 0 amide bonds. The lowest BCUT2D eigenvalue weighted by Crippen LogP contribution is -2.14. The second kappa shape index (κ2) is 10.7. The number of phenolic OH excluding ortho intramolecular Hbond substituents is 8. The van der Waals surface area contributed by atoms with E-state index < -0.39 is 57.1 Å². The molecule has 0 aliphatic heterocycles. The van der Waals surface area contributed by atoms with Gasteiger partial charge in [0.15, 0.2) is 30.3 Å². The fraction of sp³-hybridized carbons (Fsp3) is 0.0256. The largest absolute Gasteiger partial charge is 0.508 e. The maximum absolute atomic E-state index is 11.9. The van der Waals surface area contributed by atoms with Gasteiger partial charge >= 0.3 is 0 Å². The molecule has 8 N–H and O–H groups in total. The third-order valence-electron chi connectivity index (χ3n) is 9.22. The predicted molar refractivity (Wildman–Crippen MR) is 190 cm³/mol. The van der Waals surface area contributed by atoms with Crippen LogP contribution >= 0.6 is 0 Å². The van der Waals surface area contributed by atoms with Gasteiger partial charge < -0.3 is 45.3 Å². The van der Waals surface area contributed by atoms with E-state index in [9.17, 15) is 40.9 Å². The van der Waals surface area contributed by atoms with Gasteiger partial charge in [-0.25, -0.2) is 0 Å². The molecule has 0 atom stereocenters. The van der Waals surface area contributed by atoms with E-state index in [2.05, 4.69) is 0 Å². The summed E-state index contributed by atoms with van der Waals surface area (Å²) in [5, 5.41) is 92.3. The normalized spacial score (nSPS) is 11.6. The number of para-hydroxylation sites is 1. The molecule has 1 radical (unpaired) electrons. The van der Waals surface area contributed by atoms with Gasteiger partial charge in [0, 0.05) is 27.5 Å². The van der Waals surface area contributed by atoms with E-state index in [0.717, 1.165) is 38.3 Å². The van der Waals surface area contributed by atoms with Crippen molar-refractivity contribution in [2.75, 3.05) is 0 Å². The summed E-state index contributed by atoms with van der Waals surface area (Å²) in [6.45, 7) is 1.54. The van der Waals surface area contributed by atoms with Gasteiger partial charge in [0.2, 0.25) is 17.2 Å². The van der Waals surface area contributed by atoms with Crippen LogP contribution in [-0.4, -0.2) is 48.1 Å². The Bertz CT molecular complexity index is 2610. The van der Waals surface area contributed by atoms with Gasteiger partial charge in [-0.1, -0.05) is 85.7 Å². The molecular formula is C39H26BO9. The number of fused-ring (bicyclic) bond motifs is 5. The molecule has 7 aromatic carbocycles. The first kappa shape index (κ1) is 29.7. The van der Waals surface area contributed by atoms with Crippen LogP contribution in [-0.2, 0) is 0 Å². The monoisotopic (exact) mass is 649 g/mol. The molecule has 0 aliphatic carbocycles. The zero-order chi connectivity index (χ0) is 34.3. The molecular weight excluding hydrogens is 623 g/mol. The van der Waals surface area contributed by atoms with Crippen LogP contribution in [0.2, 0.25) is 6.82 Å². The molecule has 1 heterocycles. The second-order valence-electron chi connectivity index (χ2n) is 11.7. The van der Waals surface area contributed by atoms with Crippen molar-refractivity contribution in [1.82, 2.24) is 0 Å². The van der Waals surface area contributed by atoms with E-state index in [1.54, 1.807) is 19.0 Å². The molecule has 239 valence electrons. The summed E-state index contributed by atoms with van der Waals surface area (Å²) >= 11 is 0. The predicted octanol–water partition coefficient (Wildman–Crippen LogP) is 7.92. The van der Waals surface area contributed by atoms with Crippen molar-refractivity contribution in [3.05, 3.63) is 91.0 Å². The Morgan fingerprint density at radius 2 is 0.837 bits per heavy atom. The molecule has 0 saturated carbocycles. The van der Waals surface area contributed by atoms with Crippen LogP contribution in [0.5, 0.6) is 46.0 Å². The van der Waals surface area contributed by atoms with Crippen LogP contribution in [0.25, 0.3) is 76.9 Å². The Hall–Kier alpha value is -6.68. The first-order valence-corrected chi connectivity index (χ1v) is 15.3. The van der Waals surface area contributed by atoms with E-state index in [-0.39, 0.29) is 11.0 Å². The second-order valence-corrected chi connectivity index (χ2v) is 11.7. The molecule has 0 aliphatic rings. The minimum Gasteiger partial charge on any atom is -0.508 e. The summed E-state index contributed by atoms with van der Waals surface area (Å²) in [5.74, 6) is -7.98. The number of phenols is 8. The number of benzene rings is 7. The van der Waals surface area contributed by atoms with Crippen molar-refractivity contribution in [2.45, 2.75) is 6.82 Å². The van der Waals surface area contributed by atoms with E-state index in [1.807, 2.05) is 78.9 Å². The van der Waals surface area contributed by atoms with Crippen molar-refractivity contribution in [3.63, 3.8) is 0 Å². The van der Waals surface area contributed by atoms with Gasteiger partial charge in [-0.2, -0.15) is 0 Å². The third kappa shape index (κ3) is 4.00. The number of furan rings is 1. The Morgan fingerprint density at radius 1 is 0.388 bits per heavy atom. The highest BCUT2D eigenvalue weighted by molar-refractivity contribution is 6.55. The molecule has 8 rings (SSSR count). The molecule has 0 spiro atoms. The zero-order valence-electron chi connectivity index (χ0n) is 25.7. The zero-order valence-corrected chi connectivity index (χ0v) is 25.7. The van der Waals surface area contributed by atoms with Gasteiger partial charge in [0.1, 0.15) is 16.9 Å². The Labute approximate surface area is 278 Å². The lowest BCUT2D eigenvalue weighted by atomic mass is 9.69. The third-order valence-corrected chi connectivity index (χ3v) is 9.22. The van der Waals surface area contributed by atoms with E-state index >= 15 is 0 Å². The minimum absolute atomic E-state index is 0.135. The molecule has 0 fully saturated rings. The molecule has 0 saturated heterocycles. The quantitative estimate of drug-likeness (QED) is 0.0408. The van der Waals surface area contributed by atoms with Gasteiger partial charge in [-0.3, -0.25) is 0 Å². The van der Waals surface area contributed by atoms with Gasteiger partial charge in [-0.15, -0.1) is 0 Å². The lowest BCUT2D eigenvalue weighted by Gasteiger charge is -2.24. The maximum Gasteiger partial charge on any atom is 0.208 e. The first-order valence-electron chi connectivity index (χ1n) is 15.3. The Morgan fingerprint density at radius 3 is 1.41 bits per heavy atom. The molecule has 49 heavy (non-hydrogen) atoms. The maximum atomic E-state index is 11.9. The van der Waals surface area contributed by atoms with Crippen LogP contribution in [0.1, 0.15) is 0 Å². The van der Waals surface area contributed by atoms with Crippen LogP contribution in [0.3, 0.4) is 0 Å². The highest BCUT2D eigenvalue weighted by Gasteiger charge is 2.34. The summed E-state index contributed by atoms with van der Waals surface area (Å²) in [4.78, 5) is 0. The molecule has 1 aromatic heterocycles. The number of aromatic hydroxyl groups is 8. The van der Waals surface area contributed by atoms with E-state index in [4.69, 9.17) is 4.42 Å². The summed E-state index contributed by atoms with van der Waals surface area (Å²) in [5.41, 5.74) is 1.98. The number of hydrogen-bond acceptors (Lipinski definition) is 9. The molecule has 0 bridgehead atoms. The smallest absolute Gasteiger partial charge is 0.208 e. The summed E-state index contributed by atoms with van der Waals surface area (Å²) in [6, 6.07) is 28.4. The van der Waals surface area contributed by atoms with E-state index in [0.29, 0.717) is 21.9 Å². The standard InChI is InChI=1S/C39H26BO9/c1-40-31-32(41)28(29(33(42)36(31)45)30-34(43)37(46)39(48)38(47)35(30)44)27-19-11-4-2-9-17(19)25(18-10-3-5-12-20(18)27)22-14-8-16-24-26(22)21-13-6-7-15-23(21)49-24/h2-16,41-48H,1H3. The minimum atomic E-state index is -1.20. The van der Waals surface area contributed by atoms with Crippen LogP contribution in [0.4, 0.5) is 0 Å². The van der Waals surface area contributed by atoms with Crippen LogP contribution < -0.4 is 5.46 Å². The van der Waals surface area contributed by atoms with Crippen molar-refractivity contribution in [2.24, 2.45) is 0 Å². The average molecular weight is 649 g/mol. The number of rotatable bonds is 4. The van der Waals surface area contributed by atoms with Crippen molar-refractivity contribution in [1.29, 1.82) is 0 Å². The average Bonchev–Trinajstić information content (AvgIpc) is 3.51. The van der Waals surface area contributed by atoms with Gasteiger partial charge in [0.05, 0.1) is 5.56 Å². The van der Waals surface area contributed by atoms with Crippen molar-refractivity contribution in [3.8, 4) is 79.4 Å². The summed E-state index contributed by atoms with van der Waals surface area (Å²) in [6.07, 6.45) is 0. The fourth-order valence-electron chi connectivity index (χ4n) is 7.08. The van der Waals surface area contributed by atoms with Crippen LogP contribution in [0, 0.1) is 0 Å². The number of hydrogen-bond donors (Lipinski definition) is 8. The highest BCUT2D eigenvalue weighted by Crippen LogP contribution is 2.61. The Kier molecular flexibility index (Phi) is 6.47. The SMILES string of the molecule is C[B]c1c(O)c(O)c(-c2c(O)c(O)c(O)c(O)c2O)c(-c2c3ccccc3c(-c3cccc4oc5ccccc5c34)c3ccccc23)c1O. The van der Waals surface area contributed by atoms with Gasteiger partial charge in [-0.05, 0) is 50.3 Å².